The van der Waals surface area contributed by atoms with Gasteiger partial charge in [0.2, 0.25) is 10.0 Å². The quantitative estimate of drug-likeness (QED) is 0.737. The van der Waals surface area contributed by atoms with E-state index in [0.717, 1.165) is 24.1 Å². The number of rotatable bonds is 6. The zero-order valence-electron chi connectivity index (χ0n) is 16.9. The van der Waals surface area contributed by atoms with E-state index in [1.807, 2.05) is 20.8 Å². The van der Waals surface area contributed by atoms with Crippen LogP contribution in [0.4, 0.5) is 5.69 Å². The molecule has 1 amide bonds. The summed E-state index contributed by atoms with van der Waals surface area (Å²) in [6.45, 7) is 8.76. The summed E-state index contributed by atoms with van der Waals surface area (Å²) in [5, 5.41) is 3.98. The molecule has 0 radical (unpaired) electrons. The Labute approximate surface area is 166 Å². The molecule has 28 heavy (non-hydrogen) atoms. The summed E-state index contributed by atoms with van der Waals surface area (Å²) < 4.78 is 32.3. The highest BCUT2D eigenvalue weighted by Gasteiger charge is 2.30. The predicted molar refractivity (Wildman–Crippen MR) is 107 cm³/mol. The van der Waals surface area contributed by atoms with Crippen LogP contribution in [0.2, 0.25) is 0 Å². The van der Waals surface area contributed by atoms with Crippen molar-refractivity contribution in [2.24, 2.45) is 0 Å². The van der Waals surface area contributed by atoms with Crippen molar-refractivity contribution in [1.29, 1.82) is 0 Å². The smallest absolute Gasteiger partial charge is 0.263 e. The number of nitrogens with zero attached hydrogens (tertiary/aromatic N) is 3. The fourth-order valence-electron chi connectivity index (χ4n) is 3.73. The van der Waals surface area contributed by atoms with E-state index in [-0.39, 0.29) is 10.8 Å². The number of carbonyl (C=O) groups excluding carboxylic acids is 1. The fourth-order valence-corrected chi connectivity index (χ4v) is 5.24. The van der Waals surface area contributed by atoms with Crippen LogP contribution in [-0.4, -0.2) is 43.4 Å². The molecule has 0 fully saturated rings. The van der Waals surface area contributed by atoms with Crippen molar-refractivity contribution in [2.75, 3.05) is 24.5 Å². The molecule has 3 rings (SSSR count). The van der Waals surface area contributed by atoms with Crippen LogP contribution in [0.15, 0.2) is 27.6 Å². The molecule has 0 atom stereocenters. The lowest BCUT2D eigenvalue weighted by molar-refractivity contribution is 0.0983. The van der Waals surface area contributed by atoms with E-state index >= 15 is 0 Å². The van der Waals surface area contributed by atoms with Crippen molar-refractivity contribution < 1.29 is 17.7 Å². The normalized spacial score (nSPS) is 14.4. The molecule has 0 unspecified atom stereocenters. The average Bonchev–Trinajstić information content (AvgIpc) is 3.07. The molecule has 1 aromatic heterocycles. The topological polar surface area (TPSA) is 83.7 Å². The molecule has 1 aliphatic rings. The maximum Gasteiger partial charge on any atom is 0.263 e. The third kappa shape index (κ3) is 3.46. The molecular weight excluding hydrogens is 378 g/mol. The van der Waals surface area contributed by atoms with Crippen LogP contribution in [0.3, 0.4) is 0 Å². The van der Waals surface area contributed by atoms with E-state index in [9.17, 15) is 13.2 Å². The highest BCUT2D eigenvalue weighted by Crippen LogP contribution is 2.32. The predicted octanol–water partition coefficient (Wildman–Crippen LogP) is 3.17. The van der Waals surface area contributed by atoms with E-state index < -0.39 is 10.0 Å². The van der Waals surface area contributed by atoms with Crippen LogP contribution in [0.1, 0.15) is 54.6 Å². The Morgan fingerprint density at radius 1 is 1.25 bits per heavy atom. The molecule has 1 aromatic carbocycles. The second-order valence-electron chi connectivity index (χ2n) is 6.85. The van der Waals surface area contributed by atoms with Crippen molar-refractivity contribution in [3.8, 4) is 0 Å². The molecule has 0 spiro atoms. The van der Waals surface area contributed by atoms with Crippen molar-refractivity contribution in [1.82, 2.24) is 9.46 Å². The maximum absolute atomic E-state index is 13.2. The molecule has 0 saturated carbocycles. The minimum absolute atomic E-state index is 0.143. The Hall–Kier alpha value is -2.19. The maximum atomic E-state index is 13.2. The van der Waals surface area contributed by atoms with Crippen LogP contribution >= 0.6 is 0 Å². The van der Waals surface area contributed by atoms with Gasteiger partial charge in [0.25, 0.3) is 5.91 Å². The van der Waals surface area contributed by atoms with E-state index in [2.05, 4.69) is 5.16 Å². The van der Waals surface area contributed by atoms with Gasteiger partial charge in [-0.1, -0.05) is 25.9 Å². The number of aryl methyl sites for hydroxylation is 3. The van der Waals surface area contributed by atoms with Gasteiger partial charge >= 0.3 is 0 Å². The molecule has 0 saturated heterocycles. The molecule has 0 bridgehead atoms. The van der Waals surface area contributed by atoms with Crippen LogP contribution in [-0.2, 0) is 22.9 Å². The number of carbonyl (C=O) groups is 1. The summed E-state index contributed by atoms with van der Waals surface area (Å²) in [4.78, 5) is 15.2. The molecule has 0 N–H and O–H groups in total. The fraction of sp³-hybridized carbons (Fsp3) is 0.500. The van der Waals surface area contributed by atoms with E-state index in [1.165, 1.54) is 4.31 Å². The van der Waals surface area contributed by atoms with Gasteiger partial charge in [0.05, 0.1) is 10.6 Å². The summed E-state index contributed by atoms with van der Waals surface area (Å²) in [7, 11) is -3.53. The van der Waals surface area contributed by atoms with Gasteiger partial charge in [0, 0.05) is 25.3 Å². The van der Waals surface area contributed by atoms with Gasteiger partial charge in [-0.2, -0.15) is 4.31 Å². The lowest BCUT2D eigenvalue weighted by Crippen LogP contribution is -2.36. The number of amides is 1. The summed E-state index contributed by atoms with van der Waals surface area (Å²) in [5.41, 5.74) is 2.79. The Kier molecular flexibility index (Phi) is 5.90. The Morgan fingerprint density at radius 3 is 2.61 bits per heavy atom. The van der Waals surface area contributed by atoms with Gasteiger partial charge in [-0.25, -0.2) is 8.42 Å². The summed E-state index contributed by atoms with van der Waals surface area (Å²) in [6, 6.07) is 5.06. The molecule has 2 heterocycles. The lowest BCUT2D eigenvalue weighted by Gasteiger charge is -2.30. The van der Waals surface area contributed by atoms with Gasteiger partial charge in [0.1, 0.15) is 11.3 Å². The summed E-state index contributed by atoms with van der Waals surface area (Å²) in [5.74, 6) is 0.366. The number of fused-ring (bicyclic) bond motifs is 1. The van der Waals surface area contributed by atoms with Gasteiger partial charge in [-0.15, -0.1) is 0 Å². The van der Waals surface area contributed by atoms with Crippen LogP contribution in [0.25, 0.3) is 0 Å². The third-order valence-corrected chi connectivity index (χ3v) is 7.29. The zero-order valence-corrected chi connectivity index (χ0v) is 17.7. The van der Waals surface area contributed by atoms with Crippen LogP contribution in [0.5, 0.6) is 0 Å². The largest absolute Gasteiger partial charge is 0.361 e. The number of hydrogen-bond donors (Lipinski definition) is 0. The monoisotopic (exact) mass is 405 g/mol. The molecule has 8 heteroatoms. The van der Waals surface area contributed by atoms with Gasteiger partial charge in [0.15, 0.2) is 0 Å². The van der Waals surface area contributed by atoms with E-state index in [1.54, 1.807) is 30.0 Å². The van der Waals surface area contributed by atoms with E-state index in [4.69, 9.17) is 4.52 Å². The number of anilines is 1. The first-order valence-corrected chi connectivity index (χ1v) is 11.2. The average molecular weight is 406 g/mol. The van der Waals surface area contributed by atoms with Crippen LogP contribution < -0.4 is 4.90 Å². The molecule has 152 valence electrons. The van der Waals surface area contributed by atoms with Gasteiger partial charge in [-0.05, 0) is 49.9 Å². The first-order valence-electron chi connectivity index (χ1n) is 9.75. The highest BCUT2D eigenvalue weighted by molar-refractivity contribution is 7.89. The Balaban J connectivity index is 2.00. The van der Waals surface area contributed by atoms with Gasteiger partial charge in [-0.3, -0.25) is 4.79 Å². The second kappa shape index (κ2) is 8.05. The molecular formula is C20H27N3O4S. The lowest BCUT2D eigenvalue weighted by atomic mass is 10.00. The van der Waals surface area contributed by atoms with Crippen molar-refractivity contribution in [3.05, 3.63) is 40.8 Å². The van der Waals surface area contributed by atoms with Crippen LogP contribution in [0, 0.1) is 6.92 Å². The van der Waals surface area contributed by atoms with Crippen molar-refractivity contribution in [2.45, 2.75) is 51.9 Å². The number of benzene rings is 1. The summed E-state index contributed by atoms with van der Waals surface area (Å²) >= 11 is 0. The standard InChI is InChI=1S/C20H27N3O4S/c1-5-17-19(14(4)27-21-17)20(24)23-12-8-9-15-13-16(10-11-18(15)23)28(25,26)22(6-2)7-3/h10-11,13H,5-9,12H2,1-4H3. The highest BCUT2D eigenvalue weighted by atomic mass is 32.2. The minimum atomic E-state index is -3.53. The minimum Gasteiger partial charge on any atom is -0.361 e. The first kappa shape index (κ1) is 20.5. The number of sulfonamides is 1. The molecule has 2 aromatic rings. The summed E-state index contributed by atoms with van der Waals surface area (Å²) in [6.07, 6.45) is 2.13. The number of hydrogen-bond acceptors (Lipinski definition) is 5. The number of aromatic nitrogens is 1. The van der Waals surface area contributed by atoms with E-state index in [0.29, 0.717) is 43.1 Å². The Morgan fingerprint density at radius 2 is 1.96 bits per heavy atom. The molecule has 7 nitrogen and oxygen atoms in total. The zero-order chi connectivity index (χ0) is 20.5. The third-order valence-electron chi connectivity index (χ3n) is 5.24. The Bertz CT molecular complexity index is 977. The second-order valence-corrected chi connectivity index (χ2v) is 8.79. The van der Waals surface area contributed by atoms with Gasteiger partial charge < -0.3 is 9.42 Å². The first-order chi connectivity index (χ1) is 13.3. The molecule has 1 aliphatic heterocycles. The van der Waals surface area contributed by atoms with Crippen molar-refractivity contribution >= 4 is 21.6 Å². The van der Waals surface area contributed by atoms with Crippen molar-refractivity contribution in [3.63, 3.8) is 0 Å². The molecule has 0 aliphatic carbocycles. The SMILES string of the molecule is CCc1noc(C)c1C(=O)N1CCCc2cc(S(=O)(=O)N(CC)CC)ccc21.